The molecule has 0 aromatic rings. The minimum absolute atomic E-state index is 0.266. The van der Waals surface area contributed by atoms with E-state index in [9.17, 15) is 4.79 Å². The van der Waals surface area contributed by atoms with Crippen LogP contribution in [-0.2, 0) is 9.53 Å². The Balaban J connectivity index is 2.70. The molecule has 3 nitrogen and oxygen atoms in total. The van der Waals surface area contributed by atoms with Crippen LogP contribution in [0.3, 0.4) is 0 Å². The molecule has 0 bridgehead atoms. The molecule has 1 amide bonds. The van der Waals surface area contributed by atoms with Gasteiger partial charge < -0.3 is 9.64 Å². The van der Waals surface area contributed by atoms with Gasteiger partial charge in [-0.25, -0.2) is 0 Å². The molecule has 0 aromatic heterocycles. The van der Waals surface area contributed by atoms with Gasteiger partial charge in [-0.2, -0.15) is 0 Å². The fourth-order valence-electron chi connectivity index (χ4n) is 1.42. The van der Waals surface area contributed by atoms with Crippen molar-refractivity contribution in [3.05, 3.63) is 0 Å². The Kier molecular flexibility index (Phi) is 2.18. The molecule has 3 heteroatoms. The largest absolute Gasteiger partial charge is 0.354 e. The maximum atomic E-state index is 10.6. The van der Waals surface area contributed by atoms with Gasteiger partial charge in [0.25, 0.3) is 0 Å². The summed E-state index contributed by atoms with van der Waals surface area (Å²) in [6.45, 7) is 6.56. The SMILES string of the molecule is CCC1COC(C)(C)N1C=O. The third-order valence-electron chi connectivity index (χ3n) is 2.23. The van der Waals surface area contributed by atoms with Crippen LogP contribution in [0.1, 0.15) is 27.2 Å². The number of carbonyl (C=O) groups excluding carboxylic acids is 1. The van der Waals surface area contributed by atoms with E-state index >= 15 is 0 Å². The van der Waals surface area contributed by atoms with Crippen molar-refractivity contribution in [2.75, 3.05) is 6.61 Å². The highest BCUT2D eigenvalue weighted by atomic mass is 16.5. The van der Waals surface area contributed by atoms with E-state index in [0.717, 1.165) is 12.8 Å². The Labute approximate surface area is 67.3 Å². The van der Waals surface area contributed by atoms with Crippen LogP contribution in [0.2, 0.25) is 0 Å². The summed E-state index contributed by atoms with van der Waals surface area (Å²) in [6.07, 6.45) is 1.84. The number of nitrogens with zero attached hydrogens (tertiary/aromatic N) is 1. The Bertz CT molecular complexity index is 156. The molecule has 1 heterocycles. The summed E-state index contributed by atoms with van der Waals surface area (Å²) < 4.78 is 5.44. The van der Waals surface area contributed by atoms with E-state index in [1.165, 1.54) is 0 Å². The molecule has 11 heavy (non-hydrogen) atoms. The van der Waals surface area contributed by atoms with Crippen LogP contribution in [0, 0.1) is 0 Å². The molecule has 0 N–H and O–H groups in total. The maximum absolute atomic E-state index is 10.6. The van der Waals surface area contributed by atoms with Gasteiger partial charge in [0.05, 0.1) is 12.6 Å². The second-order valence-electron chi connectivity index (χ2n) is 3.33. The highest BCUT2D eigenvalue weighted by molar-refractivity contribution is 5.49. The zero-order valence-electron chi connectivity index (χ0n) is 7.33. The summed E-state index contributed by atoms with van der Waals surface area (Å²) in [5.41, 5.74) is -0.400. The van der Waals surface area contributed by atoms with Crippen LogP contribution >= 0.6 is 0 Å². The summed E-state index contributed by atoms with van der Waals surface area (Å²) in [4.78, 5) is 12.4. The van der Waals surface area contributed by atoms with Gasteiger partial charge in [-0.15, -0.1) is 0 Å². The summed E-state index contributed by atoms with van der Waals surface area (Å²) >= 11 is 0. The van der Waals surface area contributed by atoms with Crippen molar-refractivity contribution < 1.29 is 9.53 Å². The normalized spacial score (nSPS) is 29.0. The van der Waals surface area contributed by atoms with Crippen LogP contribution in [0.4, 0.5) is 0 Å². The lowest BCUT2D eigenvalue weighted by atomic mass is 10.2. The molecule has 1 rings (SSSR count). The first-order chi connectivity index (χ1) is 5.11. The van der Waals surface area contributed by atoms with Gasteiger partial charge in [0.1, 0.15) is 5.72 Å². The minimum Gasteiger partial charge on any atom is -0.354 e. The number of ether oxygens (including phenoxy) is 1. The molecule has 1 saturated heterocycles. The van der Waals surface area contributed by atoms with Gasteiger partial charge in [0, 0.05) is 0 Å². The fourth-order valence-corrected chi connectivity index (χ4v) is 1.42. The van der Waals surface area contributed by atoms with E-state index in [0.29, 0.717) is 6.61 Å². The molecule has 0 saturated carbocycles. The van der Waals surface area contributed by atoms with Crippen molar-refractivity contribution in [1.82, 2.24) is 4.90 Å². The maximum Gasteiger partial charge on any atom is 0.212 e. The fraction of sp³-hybridized carbons (Fsp3) is 0.875. The second-order valence-corrected chi connectivity index (χ2v) is 3.33. The van der Waals surface area contributed by atoms with Crippen molar-refractivity contribution >= 4 is 6.41 Å². The number of amides is 1. The van der Waals surface area contributed by atoms with E-state index in [-0.39, 0.29) is 6.04 Å². The first-order valence-corrected chi connectivity index (χ1v) is 3.99. The Morgan fingerprint density at radius 1 is 1.73 bits per heavy atom. The van der Waals surface area contributed by atoms with E-state index in [1.807, 2.05) is 13.8 Å². The molecule has 1 aliphatic heterocycles. The lowest BCUT2D eigenvalue weighted by Gasteiger charge is -2.29. The highest BCUT2D eigenvalue weighted by Gasteiger charge is 2.38. The molecule has 64 valence electrons. The summed E-state index contributed by atoms with van der Waals surface area (Å²) in [7, 11) is 0. The third kappa shape index (κ3) is 1.38. The van der Waals surface area contributed by atoms with Crippen molar-refractivity contribution in [1.29, 1.82) is 0 Å². The summed E-state index contributed by atoms with van der Waals surface area (Å²) in [6, 6.07) is 0.266. The van der Waals surface area contributed by atoms with Crippen LogP contribution in [0.5, 0.6) is 0 Å². The highest BCUT2D eigenvalue weighted by Crippen LogP contribution is 2.26. The standard InChI is InChI=1S/C8H15NO2/c1-4-7-5-11-8(2,3)9(7)6-10/h6-7H,4-5H2,1-3H3. The summed E-state index contributed by atoms with van der Waals surface area (Å²) in [5, 5.41) is 0. The van der Waals surface area contributed by atoms with Crippen LogP contribution in [0.25, 0.3) is 0 Å². The average Bonchev–Trinajstić information content (AvgIpc) is 2.24. The molecular formula is C8H15NO2. The molecule has 1 atom stereocenters. The smallest absolute Gasteiger partial charge is 0.212 e. The van der Waals surface area contributed by atoms with Gasteiger partial charge >= 0.3 is 0 Å². The molecule has 0 radical (unpaired) electrons. The molecule has 0 spiro atoms. The van der Waals surface area contributed by atoms with E-state index < -0.39 is 5.72 Å². The Morgan fingerprint density at radius 3 is 2.73 bits per heavy atom. The van der Waals surface area contributed by atoms with Gasteiger partial charge in [-0.05, 0) is 20.3 Å². The lowest BCUT2D eigenvalue weighted by Crippen LogP contribution is -2.42. The average molecular weight is 157 g/mol. The van der Waals surface area contributed by atoms with Crippen LogP contribution < -0.4 is 0 Å². The van der Waals surface area contributed by atoms with Gasteiger partial charge in [0.2, 0.25) is 6.41 Å². The van der Waals surface area contributed by atoms with Gasteiger partial charge in [-0.3, -0.25) is 4.79 Å². The van der Waals surface area contributed by atoms with E-state index in [4.69, 9.17) is 4.74 Å². The molecule has 1 aliphatic rings. The first kappa shape index (κ1) is 8.53. The minimum atomic E-state index is -0.400. The molecular weight excluding hydrogens is 142 g/mol. The molecule has 1 fully saturated rings. The predicted octanol–water partition coefficient (Wildman–Crippen LogP) is 0.990. The van der Waals surface area contributed by atoms with Crippen LogP contribution in [0.15, 0.2) is 0 Å². The lowest BCUT2D eigenvalue weighted by molar-refractivity contribution is -0.132. The van der Waals surface area contributed by atoms with Crippen LogP contribution in [-0.4, -0.2) is 29.7 Å². The van der Waals surface area contributed by atoms with E-state index in [1.54, 1.807) is 4.90 Å². The van der Waals surface area contributed by atoms with Gasteiger partial charge in [-0.1, -0.05) is 6.92 Å². The van der Waals surface area contributed by atoms with Gasteiger partial charge in [0.15, 0.2) is 0 Å². The number of rotatable bonds is 2. The monoisotopic (exact) mass is 157 g/mol. The quantitative estimate of drug-likeness (QED) is 0.559. The Morgan fingerprint density at radius 2 is 2.36 bits per heavy atom. The topological polar surface area (TPSA) is 29.5 Å². The number of hydrogen-bond acceptors (Lipinski definition) is 2. The molecule has 1 unspecified atom stereocenters. The summed E-state index contributed by atoms with van der Waals surface area (Å²) in [5.74, 6) is 0. The predicted molar refractivity (Wildman–Crippen MR) is 42.0 cm³/mol. The third-order valence-corrected chi connectivity index (χ3v) is 2.23. The van der Waals surface area contributed by atoms with Crippen molar-refractivity contribution in [3.63, 3.8) is 0 Å². The zero-order chi connectivity index (χ0) is 8.48. The first-order valence-electron chi connectivity index (χ1n) is 3.99. The van der Waals surface area contributed by atoms with Crippen molar-refractivity contribution in [2.24, 2.45) is 0 Å². The molecule has 0 aromatic carbocycles. The Hall–Kier alpha value is -0.570. The number of hydrogen-bond donors (Lipinski definition) is 0. The molecule has 0 aliphatic carbocycles. The zero-order valence-corrected chi connectivity index (χ0v) is 7.33. The number of carbonyl (C=O) groups is 1. The van der Waals surface area contributed by atoms with E-state index in [2.05, 4.69) is 6.92 Å². The second kappa shape index (κ2) is 2.81. The van der Waals surface area contributed by atoms with Crippen molar-refractivity contribution in [3.8, 4) is 0 Å². The van der Waals surface area contributed by atoms with Crippen molar-refractivity contribution in [2.45, 2.75) is 39.0 Å².